The van der Waals surface area contributed by atoms with Gasteiger partial charge in [0.15, 0.2) is 0 Å². The van der Waals surface area contributed by atoms with Crippen molar-refractivity contribution in [2.75, 3.05) is 19.8 Å². The van der Waals surface area contributed by atoms with Gasteiger partial charge < -0.3 is 14.8 Å². The van der Waals surface area contributed by atoms with Gasteiger partial charge in [0, 0.05) is 31.2 Å². The average molecular weight is 267 g/mol. The zero-order valence-electron chi connectivity index (χ0n) is 12.5. The molecule has 1 aliphatic heterocycles. The molecule has 3 nitrogen and oxygen atoms in total. The van der Waals surface area contributed by atoms with E-state index in [2.05, 4.69) is 19.2 Å². The van der Waals surface area contributed by atoms with Crippen LogP contribution in [0.4, 0.5) is 0 Å². The third-order valence-corrected chi connectivity index (χ3v) is 5.71. The number of nitrogens with one attached hydrogen (secondary N) is 1. The Morgan fingerprint density at radius 1 is 1.21 bits per heavy atom. The summed E-state index contributed by atoms with van der Waals surface area (Å²) in [5.74, 6) is 0. The van der Waals surface area contributed by atoms with E-state index < -0.39 is 0 Å². The van der Waals surface area contributed by atoms with Crippen LogP contribution >= 0.6 is 0 Å². The van der Waals surface area contributed by atoms with Crippen molar-refractivity contribution in [1.29, 1.82) is 0 Å². The first-order valence-electron chi connectivity index (χ1n) is 8.17. The molecule has 0 amide bonds. The Balaban J connectivity index is 1.56. The molecule has 3 aliphatic rings. The van der Waals surface area contributed by atoms with Crippen molar-refractivity contribution in [3.05, 3.63) is 0 Å². The van der Waals surface area contributed by atoms with Crippen LogP contribution in [0.1, 0.15) is 58.8 Å². The summed E-state index contributed by atoms with van der Waals surface area (Å²) >= 11 is 0. The lowest BCUT2D eigenvalue weighted by molar-refractivity contribution is -0.133. The van der Waals surface area contributed by atoms with E-state index in [1.54, 1.807) is 0 Å². The first-order chi connectivity index (χ1) is 9.19. The number of hydrogen-bond acceptors (Lipinski definition) is 3. The molecule has 3 unspecified atom stereocenters. The van der Waals surface area contributed by atoms with E-state index in [0.717, 1.165) is 19.8 Å². The molecule has 2 aliphatic carbocycles. The molecule has 0 aromatic heterocycles. The third-order valence-electron chi connectivity index (χ3n) is 5.71. The summed E-state index contributed by atoms with van der Waals surface area (Å²) in [6.07, 6.45) is 9.61. The second kappa shape index (κ2) is 5.34. The normalized spacial score (nSPS) is 40.7. The lowest BCUT2D eigenvalue weighted by atomic mass is 9.60. The molecule has 1 N–H and O–H groups in total. The summed E-state index contributed by atoms with van der Waals surface area (Å²) in [5.41, 5.74) is 0.529. The minimum absolute atomic E-state index is 0.0799. The monoisotopic (exact) mass is 267 g/mol. The van der Waals surface area contributed by atoms with Gasteiger partial charge in [-0.3, -0.25) is 0 Å². The standard InChI is InChI=1S/C16H29NO2/c1-3-18-14-11-13(16(14)8-4-5-9-16)17-12-15(2)7-6-10-19-15/h13-14,17H,3-12H2,1-2H3. The lowest BCUT2D eigenvalue weighted by Gasteiger charge is -2.54. The predicted octanol–water partition coefficient (Wildman–Crippen LogP) is 2.88. The fraction of sp³-hybridized carbons (Fsp3) is 1.00. The fourth-order valence-corrected chi connectivity index (χ4v) is 4.49. The highest BCUT2D eigenvalue weighted by Crippen LogP contribution is 2.54. The van der Waals surface area contributed by atoms with Crippen LogP contribution in [0.2, 0.25) is 0 Å². The van der Waals surface area contributed by atoms with Crippen LogP contribution in [-0.4, -0.2) is 37.5 Å². The van der Waals surface area contributed by atoms with Crippen LogP contribution < -0.4 is 5.32 Å². The highest BCUT2D eigenvalue weighted by atomic mass is 16.5. The maximum Gasteiger partial charge on any atom is 0.0779 e. The molecule has 1 saturated heterocycles. The second-order valence-corrected chi connectivity index (χ2v) is 6.96. The molecule has 3 fully saturated rings. The van der Waals surface area contributed by atoms with Gasteiger partial charge in [-0.1, -0.05) is 12.8 Å². The average Bonchev–Trinajstić information content (AvgIpc) is 3.03. The molecule has 0 bridgehead atoms. The zero-order chi connectivity index (χ0) is 13.3. The maximum absolute atomic E-state index is 5.97. The predicted molar refractivity (Wildman–Crippen MR) is 76.3 cm³/mol. The van der Waals surface area contributed by atoms with Crippen molar-refractivity contribution in [2.45, 2.75) is 76.5 Å². The number of hydrogen-bond donors (Lipinski definition) is 1. The van der Waals surface area contributed by atoms with Gasteiger partial charge in [0.25, 0.3) is 0 Å². The Kier molecular flexibility index (Phi) is 3.89. The second-order valence-electron chi connectivity index (χ2n) is 6.96. The Labute approximate surface area is 117 Å². The third kappa shape index (κ3) is 2.45. The summed E-state index contributed by atoms with van der Waals surface area (Å²) in [6.45, 7) is 7.19. The summed E-state index contributed by atoms with van der Waals surface area (Å²) < 4.78 is 11.9. The quantitative estimate of drug-likeness (QED) is 0.831. The smallest absolute Gasteiger partial charge is 0.0779 e. The van der Waals surface area contributed by atoms with Crippen LogP contribution in [0, 0.1) is 5.41 Å². The molecule has 19 heavy (non-hydrogen) atoms. The minimum Gasteiger partial charge on any atom is -0.378 e. The Morgan fingerprint density at radius 2 is 2.00 bits per heavy atom. The molecular weight excluding hydrogens is 238 g/mol. The van der Waals surface area contributed by atoms with Crippen molar-refractivity contribution in [3.63, 3.8) is 0 Å². The molecule has 3 rings (SSSR count). The van der Waals surface area contributed by atoms with E-state index in [1.807, 2.05) is 0 Å². The summed E-state index contributed by atoms with van der Waals surface area (Å²) in [6, 6.07) is 0.660. The van der Waals surface area contributed by atoms with Gasteiger partial charge in [-0.15, -0.1) is 0 Å². The first kappa shape index (κ1) is 13.8. The van der Waals surface area contributed by atoms with Crippen molar-refractivity contribution in [2.24, 2.45) is 5.41 Å². The largest absolute Gasteiger partial charge is 0.378 e. The van der Waals surface area contributed by atoms with Crippen LogP contribution in [0.15, 0.2) is 0 Å². The van der Waals surface area contributed by atoms with Crippen molar-refractivity contribution in [1.82, 2.24) is 5.32 Å². The van der Waals surface area contributed by atoms with E-state index >= 15 is 0 Å². The highest BCUT2D eigenvalue weighted by molar-refractivity contribution is 5.10. The van der Waals surface area contributed by atoms with Crippen molar-refractivity contribution >= 4 is 0 Å². The van der Waals surface area contributed by atoms with Crippen LogP contribution in [-0.2, 0) is 9.47 Å². The molecule has 2 saturated carbocycles. The van der Waals surface area contributed by atoms with Gasteiger partial charge in [-0.2, -0.15) is 0 Å². The molecule has 3 atom stereocenters. The van der Waals surface area contributed by atoms with Crippen LogP contribution in [0.3, 0.4) is 0 Å². The van der Waals surface area contributed by atoms with E-state index in [-0.39, 0.29) is 5.60 Å². The molecular formula is C16H29NO2. The number of ether oxygens (including phenoxy) is 2. The first-order valence-corrected chi connectivity index (χ1v) is 8.17. The fourth-order valence-electron chi connectivity index (χ4n) is 4.49. The summed E-state index contributed by atoms with van der Waals surface area (Å²) in [4.78, 5) is 0. The van der Waals surface area contributed by atoms with Gasteiger partial charge in [0.1, 0.15) is 0 Å². The topological polar surface area (TPSA) is 30.5 Å². The minimum atomic E-state index is 0.0799. The van der Waals surface area contributed by atoms with E-state index in [4.69, 9.17) is 9.47 Å². The van der Waals surface area contributed by atoms with Gasteiger partial charge in [0.05, 0.1) is 11.7 Å². The lowest BCUT2D eigenvalue weighted by Crippen LogP contribution is -2.64. The van der Waals surface area contributed by atoms with Crippen LogP contribution in [0.5, 0.6) is 0 Å². The van der Waals surface area contributed by atoms with E-state index in [1.165, 1.54) is 44.9 Å². The summed E-state index contributed by atoms with van der Waals surface area (Å²) in [5, 5.41) is 3.82. The molecule has 1 spiro atoms. The van der Waals surface area contributed by atoms with Gasteiger partial charge in [-0.25, -0.2) is 0 Å². The molecule has 1 heterocycles. The maximum atomic E-state index is 5.97. The summed E-state index contributed by atoms with van der Waals surface area (Å²) in [7, 11) is 0. The molecule has 0 aromatic rings. The van der Waals surface area contributed by atoms with E-state index in [9.17, 15) is 0 Å². The zero-order valence-corrected chi connectivity index (χ0v) is 12.5. The van der Waals surface area contributed by atoms with Gasteiger partial charge in [0.2, 0.25) is 0 Å². The Hall–Kier alpha value is -0.120. The van der Waals surface area contributed by atoms with E-state index in [0.29, 0.717) is 17.6 Å². The molecule has 110 valence electrons. The highest BCUT2D eigenvalue weighted by Gasteiger charge is 2.56. The van der Waals surface area contributed by atoms with Gasteiger partial charge in [-0.05, 0) is 46.0 Å². The molecule has 0 radical (unpaired) electrons. The Bertz CT molecular complexity index is 306. The molecule has 0 aromatic carbocycles. The van der Waals surface area contributed by atoms with Gasteiger partial charge >= 0.3 is 0 Å². The number of rotatable bonds is 5. The Morgan fingerprint density at radius 3 is 2.63 bits per heavy atom. The molecule has 3 heteroatoms. The van der Waals surface area contributed by atoms with Crippen LogP contribution in [0.25, 0.3) is 0 Å². The van der Waals surface area contributed by atoms with Crippen molar-refractivity contribution in [3.8, 4) is 0 Å². The SMILES string of the molecule is CCOC1CC(NCC2(C)CCCO2)C12CCCC2. The van der Waals surface area contributed by atoms with Crippen molar-refractivity contribution < 1.29 is 9.47 Å².